The van der Waals surface area contributed by atoms with E-state index in [1.165, 1.54) is 38.5 Å². The van der Waals surface area contributed by atoms with E-state index in [0.717, 1.165) is 44.3 Å². The number of nitrogens with zero attached hydrogens (tertiary/aromatic N) is 1. The maximum absolute atomic E-state index is 12.5. The van der Waals surface area contributed by atoms with Crippen LogP contribution in [-0.2, 0) is 4.79 Å². The molecule has 1 N–H and O–H groups in total. The summed E-state index contributed by atoms with van der Waals surface area (Å²) >= 11 is 0. The molecule has 2 saturated heterocycles. The highest BCUT2D eigenvalue weighted by atomic mass is 35.5. The molecular formula is C17H33ClN2O. The van der Waals surface area contributed by atoms with Crippen LogP contribution in [0.2, 0.25) is 0 Å². The van der Waals surface area contributed by atoms with Crippen LogP contribution in [0.5, 0.6) is 0 Å². The van der Waals surface area contributed by atoms with Gasteiger partial charge < -0.3 is 10.2 Å². The van der Waals surface area contributed by atoms with E-state index in [0.29, 0.717) is 11.9 Å². The van der Waals surface area contributed by atoms with E-state index in [1.807, 2.05) is 0 Å². The van der Waals surface area contributed by atoms with Gasteiger partial charge in [0.2, 0.25) is 5.91 Å². The fourth-order valence-electron chi connectivity index (χ4n) is 3.59. The average molecular weight is 317 g/mol. The van der Waals surface area contributed by atoms with Crippen molar-refractivity contribution in [3.63, 3.8) is 0 Å². The molecule has 2 heterocycles. The fraction of sp³-hybridized carbons (Fsp3) is 0.941. The predicted molar refractivity (Wildman–Crippen MR) is 90.9 cm³/mol. The second-order valence-electron chi connectivity index (χ2n) is 7.11. The Hall–Kier alpha value is -0.280. The van der Waals surface area contributed by atoms with Gasteiger partial charge in [0.25, 0.3) is 0 Å². The van der Waals surface area contributed by atoms with Crippen molar-refractivity contribution in [2.75, 3.05) is 19.6 Å². The van der Waals surface area contributed by atoms with Crippen molar-refractivity contribution in [2.24, 2.45) is 11.8 Å². The summed E-state index contributed by atoms with van der Waals surface area (Å²) in [6.07, 6.45) is 9.29. The van der Waals surface area contributed by atoms with Gasteiger partial charge in [-0.25, -0.2) is 0 Å². The number of carbonyl (C=O) groups excluding carboxylic acids is 1. The SMILES string of the molecule is CC(C)CCC1CCCCN1C(=O)CCC1CCNC1.Cl. The first-order valence-corrected chi connectivity index (χ1v) is 8.67. The molecule has 0 radical (unpaired) electrons. The molecule has 1 amide bonds. The van der Waals surface area contributed by atoms with Crippen molar-refractivity contribution in [3.05, 3.63) is 0 Å². The number of amides is 1. The van der Waals surface area contributed by atoms with Crippen LogP contribution in [0.25, 0.3) is 0 Å². The van der Waals surface area contributed by atoms with Crippen molar-refractivity contribution < 1.29 is 4.79 Å². The monoisotopic (exact) mass is 316 g/mol. The number of carbonyl (C=O) groups is 1. The normalized spacial score (nSPS) is 26.0. The molecule has 0 saturated carbocycles. The molecule has 2 aliphatic heterocycles. The summed E-state index contributed by atoms with van der Waals surface area (Å²) in [6.45, 7) is 7.82. The quantitative estimate of drug-likeness (QED) is 0.811. The minimum Gasteiger partial charge on any atom is -0.340 e. The van der Waals surface area contributed by atoms with Gasteiger partial charge in [-0.15, -0.1) is 12.4 Å². The molecule has 124 valence electrons. The van der Waals surface area contributed by atoms with Gasteiger partial charge in [0.15, 0.2) is 0 Å². The second-order valence-corrected chi connectivity index (χ2v) is 7.11. The van der Waals surface area contributed by atoms with Crippen LogP contribution in [0.15, 0.2) is 0 Å². The molecule has 0 aromatic carbocycles. The number of likely N-dealkylation sites (tertiary alicyclic amines) is 1. The summed E-state index contributed by atoms with van der Waals surface area (Å²) < 4.78 is 0. The Morgan fingerprint density at radius 3 is 2.71 bits per heavy atom. The van der Waals surface area contributed by atoms with Crippen LogP contribution >= 0.6 is 12.4 Å². The molecule has 2 unspecified atom stereocenters. The van der Waals surface area contributed by atoms with E-state index in [9.17, 15) is 4.79 Å². The molecule has 21 heavy (non-hydrogen) atoms. The highest BCUT2D eigenvalue weighted by molar-refractivity contribution is 5.85. The standard InChI is InChI=1S/C17H32N2O.ClH/c1-14(2)6-8-16-5-3-4-12-19(16)17(20)9-7-15-10-11-18-13-15;/h14-16,18H,3-13H2,1-2H3;1H. The van der Waals surface area contributed by atoms with Gasteiger partial charge >= 0.3 is 0 Å². The van der Waals surface area contributed by atoms with E-state index in [2.05, 4.69) is 24.1 Å². The molecule has 2 aliphatic rings. The van der Waals surface area contributed by atoms with E-state index in [1.54, 1.807) is 0 Å². The number of halogens is 1. The molecule has 0 aliphatic carbocycles. The van der Waals surface area contributed by atoms with E-state index >= 15 is 0 Å². The lowest BCUT2D eigenvalue weighted by Crippen LogP contribution is -2.43. The first-order valence-electron chi connectivity index (χ1n) is 8.67. The zero-order valence-electron chi connectivity index (χ0n) is 13.8. The van der Waals surface area contributed by atoms with Gasteiger partial charge in [0.1, 0.15) is 0 Å². The maximum atomic E-state index is 12.5. The van der Waals surface area contributed by atoms with Crippen LogP contribution in [0.1, 0.15) is 65.2 Å². The van der Waals surface area contributed by atoms with E-state index in [4.69, 9.17) is 0 Å². The Balaban J connectivity index is 0.00000220. The van der Waals surface area contributed by atoms with Gasteiger partial charge in [0, 0.05) is 19.0 Å². The summed E-state index contributed by atoms with van der Waals surface area (Å²) in [5, 5.41) is 3.39. The lowest BCUT2D eigenvalue weighted by atomic mass is 9.94. The number of piperidine rings is 1. The van der Waals surface area contributed by atoms with Gasteiger partial charge in [-0.05, 0) is 69.9 Å². The molecular weight excluding hydrogens is 284 g/mol. The maximum Gasteiger partial charge on any atom is 0.222 e. The Kier molecular flexibility index (Phi) is 8.65. The molecule has 0 aromatic rings. The molecule has 0 bridgehead atoms. The van der Waals surface area contributed by atoms with Crippen molar-refractivity contribution in [3.8, 4) is 0 Å². The topological polar surface area (TPSA) is 32.3 Å². The van der Waals surface area contributed by atoms with E-state index in [-0.39, 0.29) is 12.4 Å². The van der Waals surface area contributed by atoms with E-state index < -0.39 is 0 Å². The summed E-state index contributed by atoms with van der Waals surface area (Å²) in [5.74, 6) is 1.90. The summed E-state index contributed by atoms with van der Waals surface area (Å²) in [6, 6.07) is 0.528. The second kappa shape index (κ2) is 9.68. The number of nitrogens with one attached hydrogen (secondary N) is 1. The number of hydrogen-bond acceptors (Lipinski definition) is 2. The third kappa shape index (κ3) is 6.15. The van der Waals surface area contributed by atoms with Gasteiger partial charge in [0.05, 0.1) is 0 Å². The first kappa shape index (κ1) is 18.8. The van der Waals surface area contributed by atoms with Crippen LogP contribution in [0.4, 0.5) is 0 Å². The molecule has 2 atom stereocenters. The Labute approximate surface area is 136 Å². The minimum absolute atomic E-state index is 0. The van der Waals surface area contributed by atoms with Crippen molar-refractivity contribution >= 4 is 18.3 Å². The van der Waals surface area contributed by atoms with Crippen molar-refractivity contribution in [1.29, 1.82) is 0 Å². The number of rotatable bonds is 6. The summed E-state index contributed by atoms with van der Waals surface area (Å²) in [5.41, 5.74) is 0. The van der Waals surface area contributed by atoms with Gasteiger partial charge in [-0.3, -0.25) is 4.79 Å². The first-order chi connectivity index (χ1) is 9.66. The minimum atomic E-state index is 0. The van der Waals surface area contributed by atoms with Crippen molar-refractivity contribution in [1.82, 2.24) is 10.2 Å². The lowest BCUT2D eigenvalue weighted by Gasteiger charge is -2.36. The molecule has 0 aromatic heterocycles. The predicted octanol–water partition coefficient (Wildman–Crippen LogP) is 3.62. The van der Waals surface area contributed by atoms with Crippen LogP contribution in [0, 0.1) is 11.8 Å². The average Bonchev–Trinajstić information content (AvgIpc) is 2.96. The third-order valence-corrected chi connectivity index (χ3v) is 4.95. The summed E-state index contributed by atoms with van der Waals surface area (Å²) in [7, 11) is 0. The zero-order chi connectivity index (χ0) is 14.4. The molecule has 4 heteroatoms. The Morgan fingerprint density at radius 1 is 1.24 bits per heavy atom. The largest absolute Gasteiger partial charge is 0.340 e. The van der Waals surface area contributed by atoms with Crippen LogP contribution in [-0.4, -0.2) is 36.5 Å². The lowest BCUT2D eigenvalue weighted by molar-refractivity contribution is -0.135. The molecule has 2 rings (SSSR count). The smallest absolute Gasteiger partial charge is 0.222 e. The summed E-state index contributed by atoms with van der Waals surface area (Å²) in [4.78, 5) is 14.7. The van der Waals surface area contributed by atoms with Gasteiger partial charge in [-0.2, -0.15) is 0 Å². The van der Waals surface area contributed by atoms with Crippen LogP contribution in [0.3, 0.4) is 0 Å². The van der Waals surface area contributed by atoms with Crippen LogP contribution < -0.4 is 5.32 Å². The molecule has 3 nitrogen and oxygen atoms in total. The number of hydrogen-bond donors (Lipinski definition) is 1. The van der Waals surface area contributed by atoms with Crippen molar-refractivity contribution in [2.45, 2.75) is 71.3 Å². The molecule has 0 spiro atoms. The molecule has 2 fully saturated rings. The highest BCUT2D eigenvalue weighted by Gasteiger charge is 2.27. The Bertz CT molecular complexity index is 303. The fourth-order valence-corrected chi connectivity index (χ4v) is 3.59. The Morgan fingerprint density at radius 2 is 2.05 bits per heavy atom. The van der Waals surface area contributed by atoms with Gasteiger partial charge in [-0.1, -0.05) is 13.8 Å². The highest BCUT2D eigenvalue weighted by Crippen LogP contribution is 2.24. The zero-order valence-corrected chi connectivity index (χ0v) is 14.6. The third-order valence-electron chi connectivity index (χ3n) is 4.95.